The van der Waals surface area contributed by atoms with Gasteiger partial charge in [-0.15, -0.1) is 10.2 Å². The van der Waals surface area contributed by atoms with Gasteiger partial charge in [-0.1, -0.05) is 24.3 Å². The first-order chi connectivity index (χ1) is 13.2. The fourth-order valence-corrected chi connectivity index (χ4v) is 4.26. The van der Waals surface area contributed by atoms with Crippen LogP contribution in [0.4, 0.5) is 0 Å². The van der Waals surface area contributed by atoms with Crippen molar-refractivity contribution < 1.29 is 9.90 Å². The van der Waals surface area contributed by atoms with Gasteiger partial charge in [0.05, 0.1) is 0 Å². The normalized spacial score (nSPS) is 20.1. The first-order valence-corrected chi connectivity index (χ1v) is 9.71. The summed E-state index contributed by atoms with van der Waals surface area (Å²) in [4.78, 5) is 17.1. The average Bonchev–Trinajstić information content (AvgIpc) is 3.28. The smallest absolute Gasteiger partial charge is 0.223 e. The highest BCUT2D eigenvalue weighted by Gasteiger charge is 2.28. The minimum absolute atomic E-state index is 0.114. The van der Waals surface area contributed by atoms with Crippen LogP contribution in [0.3, 0.4) is 0 Å². The van der Waals surface area contributed by atoms with Crippen LogP contribution in [0.15, 0.2) is 24.3 Å². The number of nitrogens with zero attached hydrogens (tertiary/aromatic N) is 5. The number of likely N-dealkylation sites (tertiary alicyclic amines) is 1. The summed E-state index contributed by atoms with van der Waals surface area (Å²) in [5, 5.41) is 17.6. The summed E-state index contributed by atoms with van der Waals surface area (Å²) in [7, 11) is 1.88. The van der Waals surface area contributed by atoms with Crippen LogP contribution >= 0.6 is 0 Å². The van der Waals surface area contributed by atoms with Gasteiger partial charge in [0.15, 0.2) is 5.82 Å². The molecule has 27 heavy (non-hydrogen) atoms. The highest BCUT2D eigenvalue weighted by atomic mass is 16.3. The maximum Gasteiger partial charge on any atom is 0.223 e. The molecule has 1 amide bonds. The molecule has 1 N–H and O–H groups in total. The topological polar surface area (TPSA) is 74.5 Å². The zero-order chi connectivity index (χ0) is 18.8. The molecule has 144 valence electrons. The van der Waals surface area contributed by atoms with E-state index in [1.54, 1.807) is 0 Å². The summed E-state index contributed by atoms with van der Waals surface area (Å²) in [5.74, 6) is 1.85. The Morgan fingerprint density at radius 3 is 2.63 bits per heavy atom. The standard InChI is InChI=1S/C20H27N5O2/c1-23-18(14-26)21-22-20(23)17-7-4-9-25(13-17)19(27)8-10-24-11-15-5-2-3-6-16(15)12-24/h2-3,5-6,17,26H,4,7-14H2,1H3/t17-/m0/s1. The Labute approximate surface area is 159 Å². The SMILES string of the molecule is Cn1c(CO)nnc1[C@H]1CCCN(C(=O)CCN2Cc3ccccc3C2)C1. The molecule has 1 aromatic carbocycles. The third kappa shape index (κ3) is 3.75. The third-order valence-electron chi connectivity index (χ3n) is 5.83. The van der Waals surface area contributed by atoms with Gasteiger partial charge in [0.25, 0.3) is 0 Å². The molecule has 2 aromatic rings. The van der Waals surface area contributed by atoms with Gasteiger partial charge in [-0.05, 0) is 24.0 Å². The van der Waals surface area contributed by atoms with E-state index in [1.807, 2.05) is 16.5 Å². The van der Waals surface area contributed by atoms with Crippen LogP contribution in [0.25, 0.3) is 0 Å². The molecule has 7 nitrogen and oxygen atoms in total. The summed E-state index contributed by atoms with van der Waals surface area (Å²) in [6.45, 7) is 4.07. The average molecular weight is 369 g/mol. The molecule has 1 fully saturated rings. The van der Waals surface area contributed by atoms with Gasteiger partial charge in [0.1, 0.15) is 12.4 Å². The Morgan fingerprint density at radius 2 is 1.96 bits per heavy atom. The highest BCUT2D eigenvalue weighted by Crippen LogP contribution is 2.27. The van der Waals surface area contributed by atoms with E-state index in [2.05, 4.69) is 39.4 Å². The first kappa shape index (κ1) is 18.1. The number of hydrogen-bond acceptors (Lipinski definition) is 5. The summed E-state index contributed by atoms with van der Waals surface area (Å²) in [6, 6.07) is 8.51. The number of carbonyl (C=O) groups is 1. The molecule has 3 heterocycles. The molecule has 2 aliphatic rings. The molecule has 1 aromatic heterocycles. The molecular formula is C20H27N5O2. The number of aromatic nitrogens is 3. The Bertz CT molecular complexity index is 793. The second-order valence-corrected chi connectivity index (χ2v) is 7.60. The third-order valence-corrected chi connectivity index (χ3v) is 5.83. The molecular weight excluding hydrogens is 342 g/mol. The van der Waals surface area contributed by atoms with Crippen molar-refractivity contribution in [2.24, 2.45) is 7.05 Å². The van der Waals surface area contributed by atoms with E-state index in [9.17, 15) is 9.90 Å². The predicted molar refractivity (Wildman–Crippen MR) is 101 cm³/mol. The number of rotatable bonds is 5. The monoisotopic (exact) mass is 369 g/mol. The molecule has 0 spiro atoms. The van der Waals surface area contributed by atoms with Crippen LogP contribution in [-0.2, 0) is 31.5 Å². The van der Waals surface area contributed by atoms with E-state index in [0.717, 1.165) is 44.8 Å². The van der Waals surface area contributed by atoms with Crippen LogP contribution < -0.4 is 0 Å². The number of hydrogen-bond donors (Lipinski definition) is 1. The Morgan fingerprint density at radius 1 is 1.22 bits per heavy atom. The lowest BCUT2D eigenvalue weighted by Gasteiger charge is -2.32. The van der Waals surface area contributed by atoms with E-state index < -0.39 is 0 Å². The van der Waals surface area contributed by atoms with Crippen LogP contribution in [0.2, 0.25) is 0 Å². The van der Waals surface area contributed by atoms with Crippen molar-refractivity contribution in [2.45, 2.75) is 44.9 Å². The lowest BCUT2D eigenvalue weighted by Crippen LogP contribution is -2.40. The molecule has 7 heteroatoms. The molecule has 0 radical (unpaired) electrons. The minimum atomic E-state index is -0.114. The second-order valence-electron chi connectivity index (χ2n) is 7.60. The maximum atomic E-state index is 12.8. The van der Waals surface area contributed by atoms with Gasteiger partial charge < -0.3 is 14.6 Å². The summed E-state index contributed by atoms with van der Waals surface area (Å²) < 4.78 is 1.86. The molecule has 4 rings (SSSR count). The van der Waals surface area contributed by atoms with Crippen LogP contribution in [0.1, 0.15) is 48.0 Å². The number of aliphatic hydroxyl groups is 1. The van der Waals surface area contributed by atoms with E-state index in [0.29, 0.717) is 18.8 Å². The molecule has 1 saturated heterocycles. The molecule has 2 aliphatic heterocycles. The van der Waals surface area contributed by atoms with Crippen molar-refractivity contribution in [3.8, 4) is 0 Å². The van der Waals surface area contributed by atoms with Crippen molar-refractivity contribution in [1.82, 2.24) is 24.6 Å². The summed E-state index contributed by atoms with van der Waals surface area (Å²) in [6.07, 6.45) is 2.54. The van der Waals surface area contributed by atoms with Crippen molar-refractivity contribution in [3.05, 3.63) is 47.0 Å². The maximum absolute atomic E-state index is 12.8. The molecule has 1 atom stereocenters. The van der Waals surface area contributed by atoms with Gasteiger partial charge >= 0.3 is 0 Å². The van der Waals surface area contributed by atoms with Crippen molar-refractivity contribution >= 4 is 5.91 Å². The highest BCUT2D eigenvalue weighted by molar-refractivity contribution is 5.76. The van der Waals surface area contributed by atoms with Gasteiger partial charge in [-0.25, -0.2) is 0 Å². The lowest BCUT2D eigenvalue weighted by molar-refractivity contribution is -0.132. The Balaban J connectivity index is 1.32. The molecule has 0 aliphatic carbocycles. The fraction of sp³-hybridized carbons (Fsp3) is 0.550. The van der Waals surface area contributed by atoms with Crippen LogP contribution in [0, 0.1) is 0 Å². The Hall–Kier alpha value is -2.25. The van der Waals surface area contributed by atoms with Crippen LogP contribution in [0.5, 0.6) is 0 Å². The van der Waals surface area contributed by atoms with E-state index in [4.69, 9.17) is 0 Å². The number of aliphatic hydroxyl groups excluding tert-OH is 1. The van der Waals surface area contributed by atoms with E-state index >= 15 is 0 Å². The molecule has 0 saturated carbocycles. The lowest BCUT2D eigenvalue weighted by atomic mass is 9.97. The largest absolute Gasteiger partial charge is 0.388 e. The van der Waals surface area contributed by atoms with Gasteiger partial charge in [0.2, 0.25) is 5.91 Å². The predicted octanol–water partition coefficient (Wildman–Crippen LogP) is 1.42. The first-order valence-electron chi connectivity index (χ1n) is 9.71. The Kier molecular flexibility index (Phi) is 5.22. The van der Waals surface area contributed by atoms with Crippen molar-refractivity contribution in [1.29, 1.82) is 0 Å². The van der Waals surface area contributed by atoms with Crippen LogP contribution in [-0.4, -0.2) is 55.2 Å². The van der Waals surface area contributed by atoms with Gasteiger partial charge in [-0.2, -0.15) is 0 Å². The number of piperidine rings is 1. The number of amides is 1. The quantitative estimate of drug-likeness (QED) is 0.863. The number of benzene rings is 1. The van der Waals surface area contributed by atoms with Gasteiger partial charge in [0, 0.05) is 52.1 Å². The fourth-order valence-electron chi connectivity index (χ4n) is 4.26. The zero-order valence-corrected chi connectivity index (χ0v) is 15.8. The minimum Gasteiger partial charge on any atom is -0.388 e. The summed E-state index contributed by atoms with van der Waals surface area (Å²) in [5.41, 5.74) is 2.76. The summed E-state index contributed by atoms with van der Waals surface area (Å²) >= 11 is 0. The van der Waals surface area contributed by atoms with Crippen molar-refractivity contribution in [3.63, 3.8) is 0 Å². The van der Waals surface area contributed by atoms with Gasteiger partial charge in [-0.3, -0.25) is 9.69 Å². The zero-order valence-electron chi connectivity index (χ0n) is 15.8. The number of carbonyl (C=O) groups excluding carboxylic acids is 1. The van der Waals surface area contributed by atoms with E-state index in [1.165, 1.54) is 11.1 Å². The molecule has 0 unspecified atom stereocenters. The number of fused-ring (bicyclic) bond motifs is 1. The molecule has 0 bridgehead atoms. The van der Waals surface area contributed by atoms with Crippen molar-refractivity contribution in [2.75, 3.05) is 19.6 Å². The van der Waals surface area contributed by atoms with E-state index in [-0.39, 0.29) is 18.4 Å². The second kappa shape index (κ2) is 7.78.